The van der Waals surface area contributed by atoms with Crippen LogP contribution in [0.2, 0.25) is 0 Å². The summed E-state index contributed by atoms with van der Waals surface area (Å²) in [4.78, 5) is 12.7. The van der Waals surface area contributed by atoms with E-state index in [9.17, 15) is 9.90 Å². The Morgan fingerprint density at radius 2 is 1.79 bits per heavy atom. The molecule has 3 rings (SSSR count). The zero-order chi connectivity index (χ0) is 24.3. The minimum absolute atomic E-state index is 0.0261. The number of anilines is 1. The molecule has 0 amide bonds. The third-order valence-corrected chi connectivity index (χ3v) is 4.93. The van der Waals surface area contributed by atoms with Crippen molar-refractivity contribution in [3.63, 3.8) is 0 Å². The molecule has 34 heavy (non-hydrogen) atoms. The first-order valence-corrected chi connectivity index (χ1v) is 10.5. The SMILES string of the molecule is COC(=O)C(Nc1ccc(/C(N)=N/O)cc1)c1ccc(OCc2ccccc2)cc1OCCO. The predicted molar refractivity (Wildman–Crippen MR) is 127 cm³/mol. The van der Waals surface area contributed by atoms with Crippen LogP contribution in [0.3, 0.4) is 0 Å². The van der Waals surface area contributed by atoms with Crippen LogP contribution >= 0.6 is 0 Å². The number of benzene rings is 3. The second-order valence-corrected chi connectivity index (χ2v) is 7.21. The van der Waals surface area contributed by atoms with Crippen molar-refractivity contribution in [2.45, 2.75) is 12.6 Å². The third-order valence-electron chi connectivity index (χ3n) is 4.93. The molecule has 0 fully saturated rings. The lowest BCUT2D eigenvalue weighted by Gasteiger charge is -2.22. The average Bonchev–Trinajstić information content (AvgIpc) is 2.89. The molecule has 3 aromatic rings. The number of aliphatic hydroxyl groups excluding tert-OH is 1. The number of nitrogens with two attached hydrogens (primary N) is 1. The summed E-state index contributed by atoms with van der Waals surface area (Å²) in [5.74, 6) is 0.359. The predicted octanol–water partition coefficient (Wildman–Crippen LogP) is 3.06. The van der Waals surface area contributed by atoms with Crippen molar-refractivity contribution in [2.75, 3.05) is 25.6 Å². The number of esters is 1. The van der Waals surface area contributed by atoms with E-state index in [0.717, 1.165) is 5.56 Å². The lowest BCUT2D eigenvalue weighted by atomic mass is 10.0. The minimum Gasteiger partial charge on any atom is -0.491 e. The lowest BCUT2D eigenvalue weighted by Crippen LogP contribution is -2.23. The van der Waals surface area contributed by atoms with Gasteiger partial charge in [0.05, 0.1) is 13.7 Å². The Morgan fingerprint density at radius 3 is 2.44 bits per heavy atom. The number of nitrogens with zero attached hydrogens (tertiary/aromatic N) is 1. The Bertz CT molecular complexity index is 1100. The van der Waals surface area contributed by atoms with E-state index < -0.39 is 12.0 Å². The van der Waals surface area contributed by atoms with Crippen LogP contribution in [0.15, 0.2) is 78.0 Å². The molecule has 0 saturated heterocycles. The number of hydrogen-bond acceptors (Lipinski definition) is 8. The second kappa shape index (κ2) is 12.1. The largest absolute Gasteiger partial charge is 0.491 e. The molecule has 9 nitrogen and oxygen atoms in total. The number of methoxy groups -OCH3 is 1. The molecule has 1 unspecified atom stereocenters. The van der Waals surface area contributed by atoms with Crippen molar-refractivity contribution in [3.05, 3.63) is 89.5 Å². The van der Waals surface area contributed by atoms with Gasteiger partial charge in [-0.25, -0.2) is 4.79 Å². The van der Waals surface area contributed by atoms with Gasteiger partial charge in [0.2, 0.25) is 0 Å². The molecule has 178 valence electrons. The Labute approximate surface area is 197 Å². The van der Waals surface area contributed by atoms with Crippen molar-refractivity contribution in [1.82, 2.24) is 0 Å². The molecule has 1 atom stereocenters. The number of nitrogens with one attached hydrogen (secondary N) is 1. The van der Waals surface area contributed by atoms with Crippen LogP contribution < -0.4 is 20.5 Å². The van der Waals surface area contributed by atoms with E-state index in [0.29, 0.717) is 34.9 Å². The highest BCUT2D eigenvalue weighted by Crippen LogP contribution is 2.33. The Balaban J connectivity index is 1.87. The van der Waals surface area contributed by atoms with Crippen LogP contribution in [0.5, 0.6) is 11.5 Å². The lowest BCUT2D eigenvalue weighted by molar-refractivity contribution is -0.141. The van der Waals surface area contributed by atoms with Crippen LogP contribution in [-0.4, -0.2) is 42.4 Å². The van der Waals surface area contributed by atoms with Crippen LogP contribution in [0.25, 0.3) is 0 Å². The molecule has 0 radical (unpaired) electrons. The van der Waals surface area contributed by atoms with E-state index in [2.05, 4.69) is 10.5 Å². The molecule has 0 bridgehead atoms. The molecule has 3 aromatic carbocycles. The van der Waals surface area contributed by atoms with Gasteiger partial charge >= 0.3 is 5.97 Å². The average molecular weight is 466 g/mol. The summed E-state index contributed by atoms with van der Waals surface area (Å²) in [6, 6.07) is 20.6. The highest BCUT2D eigenvalue weighted by atomic mass is 16.5. The third kappa shape index (κ3) is 6.39. The quantitative estimate of drug-likeness (QED) is 0.112. The molecule has 0 aliphatic carbocycles. The molecule has 0 aliphatic rings. The topological polar surface area (TPSA) is 136 Å². The van der Waals surface area contributed by atoms with Gasteiger partial charge in [-0.15, -0.1) is 0 Å². The van der Waals surface area contributed by atoms with E-state index in [4.69, 9.17) is 25.2 Å². The number of ether oxygens (including phenoxy) is 3. The minimum atomic E-state index is -0.906. The number of carbonyl (C=O) groups is 1. The monoisotopic (exact) mass is 465 g/mol. The van der Waals surface area contributed by atoms with Crippen molar-refractivity contribution < 1.29 is 29.3 Å². The number of hydrogen-bond donors (Lipinski definition) is 4. The summed E-state index contributed by atoms with van der Waals surface area (Å²) >= 11 is 0. The van der Waals surface area contributed by atoms with Crippen molar-refractivity contribution in [3.8, 4) is 11.5 Å². The normalized spacial score (nSPS) is 12.0. The van der Waals surface area contributed by atoms with Crippen LogP contribution in [0.4, 0.5) is 5.69 Å². The van der Waals surface area contributed by atoms with E-state index in [1.807, 2.05) is 30.3 Å². The fourth-order valence-corrected chi connectivity index (χ4v) is 3.21. The maximum Gasteiger partial charge on any atom is 0.333 e. The molecule has 5 N–H and O–H groups in total. The molecule has 0 heterocycles. The van der Waals surface area contributed by atoms with Gasteiger partial charge in [-0.2, -0.15) is 0 Å². The molecular formula is C25H27N3O6. The van der Waals surface area contributed by atoms with Gasteiger partial charge < -0.3 is 35.6 Å². The molecule has 0 spiro atoms. The molecule has 9 heteroatoms. The second-order valence-electron chi connectivity index (χ2n) is 7.21. The first-order valence-electron chi connectivity index (χ1n) is 10.5. The maximum atomic E-state index is 12.7. The highest BCUT2D eigenvalue weighted by Gasteiger charge is 2.25. The van der Waals surface area contributed by atoms with Gasteiger partial charge in [0.15, 0.2) is 11.9 Å². The standard InChI is InChI=1S/C25H27N3O6/c1-32-25(30)23(27-19-9-7-18(8-10-19)24(26)28-31)21-12-11-20(15-22(21)33-14-13-29)34-16-17-5-3-2-4-6-17/h2-12,15,23,27,29,31H,13-14,16H2,1H3,(H2,26,28). The molecule has 0 saturated carbocycles. The summed E-state index contributed by atoms with van der Waals surface area (Å²) in [7, 11) is 1.30. The van der Waals surface area contributed by atoms with Gasteiger partial charge in [0, 0.05) is 22.9 Å². The Kier molecular flexibility index (Phi) is 8.70. The first-order chi connectivity index (χ1) is 16.5. The van der Waals surface area contributed by atoms with E-state index >= 15 is 0 Å². The molecule has 0 aliphatic heterocycles. The van der Waals surface area contributed by atoms with Crippen molar-refractivity contribution in [2.24, 2.45) is 10.9 Å². The Hall–Kier alpha value is -4.24. The van der Waals surface area contributed by atoms with Crippen molar-refractivity contribution >= 4 is 17.5 Å². The number of rotatable bonds is 11. The van der Waals surface area contributed by atoms with Crippen molar-refractivity contribution in [1.29, 1.82) is 0 Å². The first kappa shape index (κ1) is 24.4. The fourth-order valence-electron chi connectivity index (χ4n) is 3.21. The van der Waals surface area contributed by atoms with Gasteiger partial charge in [-0.05, 0) is 42.0 Å². The van der Waals surface area contributed by atoms with E-state index in [1.165, 1.54) is 7.11 Å². The number of carbonyl (C=O) groups excluding carboxylic acids is 1. The number of amidine groups is 1. The van der Waals surface area contributed by atoms with E-state index in [-0.39, 0.29) is 19.0 Å². The smallest absolute Gasteiger partial charge is 0.333 e. The van der Waals surface area contributed by atoms with Gasteiger partial charge in [0.25, 0.3) is 0 Å². The van der Waals surface area contributed by atoms with Crippen LogP contribution in [-0.2, 0) is 16.1 Å². The molecular weight excluding hydrogens is 438 g/mol. The summed E-state index contributed by atoms with van der Waals surface area (Å²) < 4.78 is 16.6. The summed E-state index contributed by atoms with van der Waals surface area (Å²) in [5.41, 5.74) is 8.24. The zero-order valence-electron chi connectivity index (χ0n) is 18.7. The van der Waals surface area contributed by atoms with Gasteiger partial charge in [0.1, 0.15) is 24.7 Å². The van der Waals surface area contributed by atoms with Gasteiger partial charge in [-0.1, -0.05) is 35.5 Å². The maximum absolute atomic E-state index is 12.7. The summed E-state index contributed by atoms with van der Waals surface area (Å²) in [6.07, 6.45) is 0. The van der Waals surface area contributed by atoms with E-state index in [1.54, 1.807) is 42.5 Å². The van der Waals surface area contributed by atoms with Gasteiger partial charge in [-0.3, -0.25) is 0 Å². The number of oxime groups is 1. The molecule has 0 aromatic heterocycles. The van der Waals surface area contributed by atoms with Crippen LogP contribution in [0, 0.1) is 0 Å². The fraction of sp³-hybridized carbons (Fsp3) is 0.200. The highest BCUT2D eigenvalue weighted by molar-refractivity contribution is 5.97. The van der Waals surface area contributed by atoms with Crippen LogP contribution in [0.1, 0.15) is 22.7 Å². The Morgan fingerprint density at radius 1 is 1.06 bits per heavy atom. The summed E-state index contributed by atoms with van der Waals surface area (Å²) in [6.45, 7) is 0.211. The summed E-state index contributed by atoms with van der Waals surface area (Å²) in [5, 5.41) is 24.2. The zero-order valence-corrected chi connectivity index (χ0v) is 18.7. The number of aliphatic hydroxyl groups is 1.